The summed E-state index contributed by atoms with van der Waals surface area (Å²) in [6.45, 7) is 0. The number of amides is 1. The zero-order valence-electron chi connectivity index (χ0n) is 11.9. The predicted octanol–water partition coefficient (Wildman–Crippen LogP) is 5.41. The third-order valence-corrected chi connectivity index (χ3v) is 4.85. The van der Waals surface area contributed by atoms with Gasteiger partial charge in [0.15, 0.2) is 0 Å². The summed E-state index contributed by atoms with van der Waals surface area (Å²) >= 11 is 11.0. The van der Waals surface area contributed by atoms with Gasteiger partial charge in [0.05, 0.1) is 17.1 Å². The van der Waals surface area contributed by atoms with Crippen molar-refractivity contribution in [3.05, 3.63) is 69.1 Å². The monoisotopic (exact) mass is 406 g/mol. The van der Waals surface area contributed by atoms with Crippen LogP contribution in [0.5, 0.6) is 0 Å². The average molecular weight is 408 g/mol. The Morgan fingerprint density at radius 3 is 2.83 bits per heavy atom. The van der Waals surface area contributed by atoms with Crippen LogP contribution in [0.3, 0.4) is 0 Å². The van der Waals surface area contributed by atoms with E-state index < -0.39 is 0 Å². The lowest BCUT2D eigenvalue weighted by Gasteiger charge is -2.04. The van der Waals surface area contributed by atoms with Gasteiger partial charge >= 0.3 is 0 Å². The van der Waals surface area contributed by atoms with Crippen molar-refractivity contribution < 1.29 is 4.79 Å². The first-order valence-corrected chi connectivity index (χ1v) is 8.91. The van der Waals surface area contributed by atoms with Crippen LogP contribution in [0.15, 0.2) is 58.4 Å². The third-order valence-electron chi connectivity index (χ3n) is 3.11. The molecule has 6 heteroatoms. The van der Waals surface area contributed by atoms with E-state index in [-0.39, 0.29) is 12.3 Å². The van der Waals surface area contributed by atoms with Gasteiger partial charge in [0, 0.05) is 21.1 Å². The van der Waals surface area contributed by atoms with Crippen molar-refractivity contribution >= 4 is 50.5 Å². The number of nitrogens with zero attached hydrogens (tertiary/aromatic N) is 1. The number of anilines is 1. The van der Waals surface area contributed by atoms with Crippen LogP contribution >= 0.6 is 38.9 Å². The summed E-state index contributed by atoms with van der Waals surface area (Å²) in [5.41, 5.74) is 2.38. The zero-order chi connectivity index (χ0) is 16.2. The molecule has 0 fully saturated rings. The molecule has 0 aliphatic rings. The van der Waals surface area contributed by atoms with E-state index in [1.807, 2.05) is 53.9 Å². The van der Waals surface area contributed by atoms with E-state index in [0.717, 1.165) is 26.4 Å². The van der Waals surface area contributed by atoms with Crippen molar-refractivity contribution in [1.29, 1.82) is 0 Å². The Morgan fingerprint density at radius 2 is 2.04 bits per heavy atom. The largest absolute Gasteiger partial charge is 0.326 e. The number of carbonyl (C=O) groups is 1. The van der Waals surface area contributed by atoms with Gasteiger partial charge in [0.1, 0.15) is 5.01 Å². The summed E-state index contributed by atoms with van der Waals surface area (Å²) in [6.07, 6.45) is 0.230. The maximum Gasteiger partial charge on any atom is 0.230 e. The molecule has 1 aromatic heterocycles. The number of nitrogens with one attached hydrogen (secondary N) is 1. The van der Waals surface area contributed by atoms with Crippen molar-refractivity contribution in [1.82, 2.24) is 4.98 Å². The van der Waals surface area contributed by atoms with E-state index in [2.05, 4.69) is 26.2 Å². The van der Waals surface area contributed by atoms with Crippen LogP contribution in [0.25, 0.3) is 10.6 Å². The van der Waals surface area contributed by atoms with Gasteiger partial charge in [0.2, 0.25) is 5.91 Å². The van der Waals surface area contributed by atoms with Crippen LogP contribution in [0.2, 0.25) is 5.02 Å². The molecule has 1 amide bonds. The van der Waals surface area contributed by atoms with Gasteiger partial charge in [-0.25, -0.2) is 4.98 Å². The summed E-state index contributed by atoms with van der Waals surface area (Å²) in [6, 6.07) is 15.0. The molecule has 0 radical (unpaired) electrons. The van der Waals surface area contributed by atoms with E-state index in [1.54, 1.807) is 0 Å². The Morgan fingerprint density at radius 1 is 1.22 bits per heavy atom. The van der Waals surface area contributed by atoms with Crippen LogP contribution in [0, 0.1) is 0 Å². The van der Waals surface area contributed by atoms with Crippen LogP contribution in [-0.4, -0.2) is 10.9 Å². The number of hydrogen-bond acceptors (Lipinski definition) is 3. The fraction of sp³-hybridized carbons (Fsp3) is 0.0588. The van der Waals surface area contributed by atoms with Gasteiger partial charge in [-0.2, -0.15) is 0 Å². The smallest absolute Gasteiger partial charge is 0.230 e. The predicted molar refractivity (Wildman–Crippen MR) is 99.0 cm³/mol. The number of thiazole rings is 1. The second-order valence-corrected chi connectivity index (χ2v) is 7.04. The fourth-order valence-electron chi connectivity index (χ4n) is 2.08. The highest BCUT2D eigenvalue weighted by molar-refractivity contribution is 9.10. The van der Waals surface area contributed by atoms with E-state index in [4.69, 9.17) is 11.6 Å². The summed E-state index contributed by atoms with van der Waals surface area (Å²) < 4.78 is 0.921. The molecule has 3 rings (SSSR count). The normalized spacial score (nSPS) is 10.5. The Hall–Kier alpha value is -1.69. The van der Waals surface area contributed by atoms with Gasteiger partial charge < -0.3 is 5.32 Å². The molecule has 0 atom stereocenters. The molecule has 0 saturated carbocycles. The highest BCUT2D eigenvalue weighted by Gasteiger charge is 2.11. The van der Waals surface area contributed by atoms with Gasteiger partial charge in [0.25, 0.3) is 0 Å². The second kappa shape index (κ2) is 7.25. The Labute approximate surface area is 151 Å². The average Bonchev–Trinajstić information content (AvgIpc) is 2.95. The van der Waals surface area contributed by atoms with Crippen LogP contribution in [-0.2, 0) is 11.2 Å². The third kappa shape index (κ3) is 4.19. The molecule has 0 aliphatic heterocycles. The Bertz CT molecular complexity index is 850. The van der Waals surface area contributed by atoms with E-state index >= 15 is 0 Å². The molecule has 23 heavy (non-hydrogen) atoms. The molecule has 0 aliphatic carbocycles. The maximum atomic E-state index is 12.1. The van der Waals surface area contributed by atoms with Crippen LogP contribution in [0.4, 0.5) is 5.69 Å². The quantitative estimate of drug-likeness (QED) is 0.628. The molecule has 1 heterocycles. The minimum absolute atomic E-state index is 0.0980. The highest BCUT2D eigenvalue weighted by Crippen LogP contribution is 2.30. The van der Waals surface area contributed by atoms with Crippen LogP contribution < -0.4 is 5.32 Å². The number of rotatable bonds is 4. The van der Waals surface area contributed by atoms with Gasteiger partial charge in [-0.05, 0) is 24.3 Å². The highest BCUT2D eigenvalue weighted by atomic mass is 79.9. The molecular weight excluding hydrogens is 396 g/mol. The number of carbonyl (C=O) groups excluding carboxylic acids is 1. The van der Waals surface area contributed by atoms with Crippen LogP contribution in [0.1, 0.15) is 5.69 Å². The Kier molecular flexibility index (Phi) is 5.10. The number of benzene rings is 2. The summed E-state index contributed by atoms with van der Waals surface area (Å²) in [4.78, 5) is 16.6. The summed E-state index contributed by atoms with van der Waals surface area (Å²) in [5.74, 6) is -0.0980. The first-order chi connectivity index (χ1) is 11.1. The molecule has 3 aromatic rings. The van der Waals surface area contributed by atoms with E-state index in [0.29, 0.717) is 5.02 Å². The van der Waals surface area contributed by atoms with Gasteiger partial charge in [-0.1, -0.05) is 51.8 Å². The molecule has 0 saturated heterocycles. The summed E-state index contributed by atoms with van der Waals surface area (Å²) in [5, 5.41) is 6.23. The number of halogens is 2. The Balaban J connectivity index is 1.69. The van der Waals surface area contributed by atoms with Crippen molar-refractivity contribution in [2.45, 2.75) is 6.42 Å². The fourth-order valence-corrected chi connectivity index (χ4v) is 3.62. The molecule has 116 valence electrons. The zero-order valence-corrected chi connectivity index (χ0v) is 15.1. The van der Waals surface area contributed by atoms with E-state index in [1.165, 1.54) is 11.3 Å². The first-order valence-electron chi connectivity index (χ1n) is 6.86. The summed E-state index contributed by atoms with van der Waals surface area (Å²) in [7, 11) is 0. The van der Waals surface area contributed by atoms with Crippen molar-refractivity contribution in [2.75, 3.05) is 5.32 Å². The molecule has 0 bridgehead atoms. The van der Waals surface area contributed by atoms with Crippen molar-refractivity contribution in [3.63, 3.8) is 0 Å². The minimum Gasteiger partial charge on any atom is -0.326 e. The number of hydrogen-bond donors (Lipinski definition) is 1. The number of aromatic nitrogens is 1. The maximum absolute atomic E-state index is 12.1. The van der Waals surface area contributed by atoms with Gasteiger partial charge in [-0.15, -0.1) is 11.3 Å². The lowest BCUT2D eigenvalue weighted by molar-refractivity contribution is -0.115. The molecule has 3 nitrogen and oxygen atoms in total. The lowest BCUT2D eigenvalue weighted by atomic mass is 10.2. The SMILES string of the molecule is O=C(Cc1csc(-c2ccccc2Cl)n1)Nc1cccc(Br)c1. The first kappa shape index (κ1) is 16.2. The van der Waals surface area contributed by atoms with E-state index in [9.17, 15) is 4.79 Å². The molecule has 2 aromatic carbocycles. The topological polar surface area (TPSA) is 42.0 Å². The molecule has 1 N–H and O–H groups in total. The standard InChI is InChI=1S/C17H12BrClN2OS/c18-11-4-3-5-12(8-11)20-16(22)9-13-10-23-17(21-13)14-6-1-2-7-15(14)19/h1-8,10H,9H2,(H,20,22). The van der Waals surface area contributed by atoms with Gasteiger partial charge in [-0.3, -0.25) is 4.79 Å². The molecule has 0 spiro atoms. The minimum atomic E-state index is -0.0980. The second-order valence-electron chi connectivity index (χ2n) is 4.86. The van der Waals surface area contributed by atoms with Crippen molar-refractivity contribution in [3.8, 4) is 10.6 Å². The lowest BCUT2D eigenvalue weighted by Crippen LogP contribution is -2.14. The molecular formula is C17H12BrClN2OS. The van der Waals surface area contributed by atoms with Crippen molar-refractivity contribution in [2.24, 2.45) is 0 Å². The molecule has 0 unspecified atom stereocenters.